The number of hydrogen-bond acceptors (Lipinski definition) is 2. The van der Waals surface area contributed by atoms with E-state index < -0.39 is 10.8 Å². The fraction of sp³-hybridized carbons (Fsp3) is 0.300. The van der Waals surface area contributed by atoms with Crippen molar-refractivity contribution in [3.63, 3.8) is 0 Å². The highest BCUT2D eigenvalue weighted by molar-refractivity contribution is 9.09. The lowest BCUT2D eigenvalue weighted by Crippen LogP contribution is -2.17. The van der Waals surface area contributed by atoms with Crippen molar-refractivity contribution in [3.8, 4) is 0 Å². The largest absolute Gasteiger partial charge is 0.359 e. The number of carbonyl (C=O) groups excluding carboxylic acids is 1. The third-order valence-electron chi connectivity index (χ3n) is 1.63. The Kier molecular flexibility index (Phi) is 4.22. The normalized spacial score (nSPS) is 12.5. The molecule has 1 unspecified atom stereocenters. The molecule has 0 aromatic heterocycles. The van der Waals surface area contributed by atoms with Gasteiger partial charge in [0.2, 0.25) is 5.78 Å². The van der Waals surface area contributed by atoms with Crippen LogP contribution in [0.2, 0.25) is 0 Å². The minimum absolute atomic E-state index is 0.272. The second-order valence-corrected chi connectivity index (χ2v) is 3.48. The van der Waals surface area contributed by atoms with Crippen LogP contribution in [-0.2, 0) is 4.74 Å². The van der Waals surface area contributed by atoms with Crippen LogP contribution in [0.4, 0.5) is 4.39 Å². The predicted octanol–water partition coefficient (Wildman–Crippen LogP) is 2.77. The molecule has 1 atom stereocenters. The molecule has 0 aliphatic rings. The molecule has 1 aromatic carbocycles. The Hall–Kier alpha value is -0.740. The van der Waals surface area contributed by atoms with Gasteiger partial charge in [-0.2, -0.15) is 0 Å². The number of carbonyl (C=O) groups is 1. The molecule has 0 N–H and O–H groups in total. The van der Waals surface area contributed by atoms with Crippen LogP contribution in [0.25, 0.3) is 0 Å². The van der Waals surface area contributed by atoms with E-state index in [1.165, 1.54) is 18.2 Å². The summed E-state index contributed by atoms with van der Waals surface area (Å²) in [4.78, 5) is 11.5. The maximum absolute atomic E-state index is 12.8. The van der Waals surface area contributed by atoms with Crippen LogP contribution < -0.4 is 0 Å². The van der Waals surface area contributed by atoms with Gasteiger partial charge in [0, 0.05) is 12.2 Å². The average Bonchev–Trinajstić information content (AvgIpc) is 2.17. The maximum atomic E-state index is 12.8. The summed E-state index contributed by atoms with van der Waals surface area (Å²) in [5.41, 5.74) is 0.306. The molecule has 14 heavy (non-hydrogen) atoms. The minimum Gasteiger partial charge on any atom is -0.359 e. The molecule has 0 amide bonds. The summed E-state index contributed by atoms with van der Waals surface area (Å²) < 4.78 is 17.8. The van der Waals surface area contributed by atoms with E-state index in [1.54, 1.807) is 13.0 Å². The number of halogens is 2. The van der Waals surface area contributed by atoms with E-state index in [2.05, 4.69) is 15.9 Å². The van der Waals surface area contributed by atoms with Crippen molar-refractivity contribution >= 4 is 21.7 Å². The van der Waals surface area contributed by atoms with Crippen LogP contribution in [0.3, 0.4) is 0 Å². The smallest absolute Gasteiger partial charge is 0.202 e. The minimum atomic E-state index is -0.700. The fourth-order valence-corrected chi connectivity index (χ4v) is 1.52. The van der Waals surface area contributed by atoms with E-state index in [-0.39, 0.29) is 5.78 Å². The Morgan fingerprint density at radius 2 is 2.36 bits per heavy atom. The number of Topliss-reactive ketones (excluding diaryl/α,β-unsaturated/α-hetero) is 1. The molecule has 76 valence electrons. The molecule has 0 heterocycles. The molecule has 1 rings (SSSR count). The van der Waals surface area contributed by atoms with Gasteiger partial charge in [-0.1, -0.05) is 12.1 Å². The molecule has 0 saturated heterocycles. The lowest BCUT2D eigenvalue weighted by molar-refractivity contribution is 0.0723. The van der Waals surface area contributed by atoms with Crippen LogP contribution in [0.1, 0.15) is 17.3 Å². The quantitative estimate of drug-likeness (QED) is 0.615. The van der Waals surface area contributed by atoms with Gasteiger partial charge in [-0.05, 0) is 35.0 Å². The summed E-state index contributed by atoms with van der Waals surface area (Å²) in [6.45, 7) is 2.21. The first kappa shape index (κ1) is 11.3. The topological polar surface area (TPSA) is 26.3 Å². The second kappa shape index (κ2) is 5.22. The molecule has 0 bridgehead atoms. The van der Waals surface area contributed by atoms with Crippen LogP contribution >= 0.6 is 15.9 Å². The molecule has 0 fully saturated rings. The highest BCUT2D eigenvalue weighted by Gasteiger charge is 2.16. The summed E-state index contributed by atoms with van der Waals surface area (Å²) in [6, 6.07) is 5.53. The van der Waals surface area contributed by atoms with Crippen molar-refractivity contribution in [1.29, 1.82) is 0 Å². The van der Waals surface area contributed by atoms with E-state index in [0.717, 1.165) is 0 Å². The third kappa shape index (κ3) is 2.89. The number of rotatable bonds is 4. The van der Waals surface area contributed by atoms with Crippen LogP contribution in [0.5, 0.6) is 0 Å². The van der Waals surface area contributed by atoms with E-state index in [1.807, 2.05) is 0 Å². The van der Waals surface area contributed by atoms with Gasteiger partial charge < -0.3 is 4.74 Å². The number of hydrogen-bond donors (Lipinski definition) is 0. The van der Waals surface area contributed by atoms with Gasteiger partial charge in [0.25, 0.3) is 0 Å². The first-order valence-corrected chi connectivity index (χ1v) is 5.12. The number of ketones is 1. The lowest BCUT2D eigenvalue weighted by atomic mass is 10.1. The Labute approximate surface area is 90.2 Å². The highest BCUT2D eigenvalue weighted by Crippen LogP contribution is 2.12. The van der Waals surface area contributed by atoms with Gasteiger partial charge in [-0.3, -0.25) is 4.79 Å². The molecule has 1 aromatic rings. The van der Waals surface area contributed by atoms with E-state index >= 15 is 0 Å². The summed E-state index contributed by atoms with van der Waals surface area (Å²) in [6.07, 6.45) is 0. The predicted molar refractivity (Wildman–Crippen MR) is 55.1 cm³/mol. The SMILES string of the molecule is CCOC(Br)C(=O)c1cccc(F)c1. The number of alkyl halides is 1. The summed E-state index contributed by atoms with van der Waals surface area (Å²) in [5, 5.41) is -0.700. The number of benzene rings is 1. The Bertz CT molecular complexity index is 328. The zero-order chi connectivity index (χ0) is 10.6. The van der Waals surface area contributed by atoms with Gasteiger partial charge >= 0.3 is 0 Å². The fourth-order valence-electron chi connectivity index (χ4n) is 0.995. The molecule has 4 heteroatoms. The first-order valence-electron chi connectivity index (χ1n) is 4.20. The molecule has 0 aliphatic carbocycles. The van der Waals surface area contributed by atoms with E-state index in [4.69, 9.17) is 4.74 Å². The average molecular weight is 261 g/mol. The Morgan fingerprint density at radius 3 is 2.93 bits per heavy atom. The van der Waals surface area contributed by atoms with Gasteiger partial charge in [-0.15, -0.1) is 0 Å². The first-order chi connectivity index (χ1) is 6.65. The molecular formula is C10H10BrFO2. The zero-order valence-electron chi connectivity index (χ0n) is 7.67. The molecule has 0 saturated carbocycles. The van der Waals surface area contributed by atoms with Gasteiger partial charge in [0.15, 0.2) is 5.01 Å². The van der Waals surface area contributed by atoms with Crippen molar-refractivity contribution in [2.75, 3.05) is 6.61 Å². The standard InChI is InChI=1S/C10H10BrFO2/c1-2-14-10(11)9(13)7-4-3-5-8(12)6-7/h3-6,10H,2H2,1H3. The van der Waals surface area contributed by atoms with Crippen LogP contribution in [-0.4, -0.2) is 17.4 Å². The van der Waals surface area contributed by atoms with Crippen molar-refractivity contribution < 1.29 is 13.9 Å². The second-order valence-electron chi connectivity index (χ2n) is 2.65. The van der Waals surface area contributed by atoms with Crippen LogP contribution in [0.15, 0.2) is 24.3 Å². The van der Waals surface area contributed by atoms with E-state index in [9.17, 15) is 9.18 Å². The van der Waals surface area contributed by atoms with Gasteiger partial charge in [0.1, 0.15) is 5.82 Å². The highest BCUT2D eigenvalue weighted by atomic mass is 79.9. The Balaban J connectivity index is 2.78. The van der Waals surface area contributed by atoms with Crippen molar-refractivity contribution in [3.05, 3.63) is 35.6 Å². The molecular weight excluding hydrogens is 251 g/mol. The summed E-state index contributed by atoms with van der Waals surface area (Å²) in [7, 11) is 0. The Morgan fingerprint density at radius 1 is 1.64 bits per heavy atom. The summed E-state index contributed by atoms with van der Waals surface area (Å²) in [5.74, 6) is -0.696. The molecule has 2 nitrogen and oxygen atoms in total. The van der Waals surface area contributed by atoms with Crippen molar-refractivity contribution in [2.45, 2.75) is 11.9 Å². The third-order valence-corrected chi connectivity index (χ3v) is 2.31. The number of ether oxygens (including phenoxy) is 1. The van der Waals surface area contributed by atoms with Crippen molar-refractivity contribution in [2.24, 2.45) is 0 Å². The van der Waals surface area contributed by atoms with Crippen molar-refractivity contribution in [1.82, 2.24) is 0 Å². The molecule has 0 radical (unpaired) electrons. The monoisotopic (exact) mass is 260 g/mol. The van der Waals surface area contributed by atoms with Gasteiger partial charge in [-0.25, -0.2) is 4.39 Å². The maximum Gasteiger partial charge on any atom is 0.202 e. The molecule has 0 aliphatic heterocycles. The van der Waals surface area contributed by atoms with Gasteiger partial charge in [0.05, 0.1) is 0 Å². The zero-order valence-corrected chi connectivity index (χ0v) is 9.25. The van der Waals surface area contributed by atoms with Crippen LogP contribution in [0, 0.1) is 5.82 Å². The molecule has 0 spiro atoms. The lowest BCUT2D eigenvalue weighted by Gasteiger charge is -2.08. The summed E-state index contributed by atoms with van der Waals surface area (Å²) >= 11 is 3.07. The van der Waals surface area contributed by atoms with E-state index in [0.29, 0.717) is 12.2 Å².